The third kappa shape index (κ3) is 3.44. The molecule has 21 heavy (non-hydrogen) atoms. The average Bonchev–Trinajstić information content (AvgIpc) is 2.97. The first-order valence-corrected chi connectivity index (χ1v) is 7.73. The lowest BCUT2D eigenvalue weighted by Gasteiger charge is -2.20. The van der Waals surface area contributed by atoms with Gasteiger partial charge in [-0.3, -0.25) is 0 Å². The van der Waals surface area contributed by atoms with Crippen LogP contribution in [-0.2, 0) is 15.0 Å². The minimum absolute atomic E-state index is 0.0728. The number of rotatable bonds is 6. The zero-order valence-corrected chi connectivity index (χ0v) is 13.6. The van der Waals surface area contributed by atoms with Crippen LogP contribution in [-0.4, -0.2) is 35.6 Å². The Balaban J connectivity index is 2.10. The van der Waals surface area contributed by atoms with E-state index < -0.39 is 5.54 Å². The van der Waals surface area contributed by atoms with Gasteiger partial charge in [0.25, 0.3) is 0 Å². The molecule has 1 aliphatic rings. The van der Waals surface area contributed by atoms with Crippen molar-refractivity contribution in [2.24, 2.45) is 11.7 Å². The zero-order valence-electron chi connectivity index (χ0n) is 13.6. The highest BCUT2D eigenvalue weighted by molar-refractivity contribution is 5.08. The molecule has 1 fully saturated rings. The molecular weight excluding hydrogens is 270 g/mol. The number of hydrogen-bond acceptors (Lipinski definition) is 6. The van der Waals surface area contributed by atoms with Gasteiger partial charge in [0, 0.05) is 6.61 Å². The van der Waals surface area contributed by atoms with Gasteiger partial charge in [0.2, 0.25) is 5.89 Å². The van der Waals surface area contributed by atoms with Crippen LogP contribution < -0.4 is 5.73 Å². The SMILES string of the molecule is CCCOCC(C)(N)c1noc(C2C(C)OC(C)C2C)n1. The molecule has 0 bridgehead atoms. The van der Waals surface area contributed by atoms with Crippen LogP contribution in [0.3, 0.4) is 0 Å². The molecule has 5 atom stereocenters. The summed E-state index contributed by atoms with van der Waals surface area (Å²) in [5, 5.41) is 4.06. The summed E-state index contributed by atoms with van der Waals surface area (Å²) in [5.41, 5.74) is 5.50. The van der Waals surface area contributed by atoms with Crippen LogP contribution in [0.2, 0.25) is 0 Å². The van der Waals surface area contributed by atoms with E-state index in [1.165, 1.54) is 0 Å². The van der Waals surface area contributed by atoms with Crippen LogP contribution in [0.4, 0.5) is 0 Å². The van der Waals surface area contributed by atoms with Crippen molar-refractivity contribution in [2.75, 3.05) is 13.2 Å². The van der Waals surface area contributed by atoms with E-state index in [2.05, 4.69) is 30.9 Å². The van der Waals surface area contributed by atoms with Crippen LogP contribution in [0.15, 0.2) is 4.52 Å². The standard InChI is InChI=1S/C15H27N3O3/c1-6-7-19-8-15(5,16)14-17-13(21-18-14)12-9(2)10(3)20-11(12)4/h9-12H,6-8,16H2,1-5H3. The molecular formula is C15H27N3O3. The van der Waals surface area contributed by atoms with E-state index in [4.69, 9.17) is 19.7 Å². The van der Waals surface area contributed by atoms with Gasteiger partial charge in [-0.15, -0.1) is 0 Å². The topological polar surface area (TPSA) is 83.4 Å². The van der Waals surface area contributed by atoms with Gasteiger partial charge in [-0.25, -0.2) is 0 Å². The summed E-state index contributed by atoms with van der Waals surface area (Å²) >= 11 is 0. The molecule has 1 aliphatic heterocycles. The first-order chi connectivity index (χ1) is 9.86. The van der Waals surface area contributed by atoms with Gasteiger partial charge in [-0.2, -0.15) is 4.98 Å². The monoisotopic (exact) mass is 297 g/mol. The second kappa shape index (κ2) is 6.42. The van der Waals surface area contributed by atoms with E-state index in [9.17, 15) is 0 Å². The molecule has 0 aliphatic carbocycles. The Hall–Kier alpha value is -0.980. The van der Waals surface area contributed by atoms with Crippen molar-refractivity contribution in [2.45, 2.75) is 64.7 Å². The molecule has 0 saturated carbocycles. The molecule has 6 nitrogen and oxygen atoms in total. The first-order valence-electron chi connectivity index (χ1n) is 7.73. The van der Waals surface area contributed by atoms with E-state index in [1.807, 2.05) is 13.8 Å². The lowest BCUT2D eigenvalue weighted by Crippen LogP contribution is -2.39. The maximum atomic E-state index is 6.25. The Morgan fingerprint density at radius 3 is 2.57 bits per heavy atom. The van der Waals surface area contributed by atoms with Gasteiger partial charge in [-0.05, 0) is 33.1 Å². The molecule has 0 amide bonds. The molecule has 0 spiro atoms. The molecule has 2 N–H and O–H groups in total. The minimum atomic E-state index is -0.742. The highest BCUT2D eigenvalue weighted by Gasteiger charge is 2.42. The molecule has 1 aromatic rings. The lowest BCUT2D eigenvalue weighted by atomic mass is 9.89. The van der Waals surface area contributed by atoms with Crippen molar-refractivity contribution in [3.05, 3.63) is 11.7 Å². The lowest BCUT2D eigenvalue weighted by molar-refractivity contribution is 0.0542. The van der Waals surface area contributed by atoms with Crippen molar-refractivity contribution in [3.63, 3.8) is 0 Å². The summed E-state index contributed by atoms with van der Waals surface area (Å²) in [6.07, 6.45) is 1.22. The van der Waals surface area contributed by atoms with E-state index in [1.54, 1.807) is 0 Å². The Morgan fingerprint density at radius 2 is 2.00 bits per heavy atom. The predicted molar refractivity (Wildman–Crippen MR) is 78.9 cm³/mol. The van der Waals surface area contributed by atoms with Crippen LogP contribution in [0, 0.1) is 5.92 Å². The Morgan fingerprint density at radius 1 is 1.29 bits per heavy atom. The van der Waals surface area contributed by atoms with Crippen molar-refractivity contribution in [1.29, 1.82) is 0 Å². The number of ether oxygens (including phenoxy) is 2. The number of nitrogens with zero attached hydrogens (tertiary/aromatic N) is 2. The number of aromatic nitrogens is 2. The number of hydrogen-bond donors (Lipinski definition) is 1. The van der Waals surface area contributed by atoms with E-state index in [0.717, 1.165) is 6.42 Å². The molecule has 1 aromatic heterocycles. The van der Waals surface area contributed by atoms with Gasteiger partial charge in [0.05, 0.1) is 24.7 Å². The average molecular weight is 297 g/mol. The fourth-order valence-electron chi connectivity index (χ4n) is 2.79. The Bertz CT molecular complexity index is 461. The second-order valence-electron chi connectivity index (χ2n) is 6.36. The van der Waals surface area contributed by atoms with Crippen LogP contribution in [0.5, 0.6) is 0 Å². The molecule has 0 radical (unpaired) electrons. The molecule has 1 saturated heterocycles. The van der Waals surface area contributed by atoms with Crippen molar-refractivity contribution < 1.29 is 14.0 Å². The highest BCUT2D eigenvalue weighted by Crippen LogP contribution is 2.39. The summed E-state index contributed by atoms with van der Waals surface area (Å²) in [6.45, 7) is 11.2. The van der Waals surface area contributed by atoms with Gasteiger partial charge in [0.1, 0.15) is 5.54 Å². The van der Waals surface area contributed by atoms with Crippen molar-refractivity contribution in [1.82, 2.24) is 10.1 Å². The van der Waals surface area contributed by atoms with Crippen molar-refractivity contribution in [3.8, 4) is 0 Å². The molecule has 0 aromatic carbocycles. The van der Waals surface area contributed by atoms with Gasteiger partial charge in [-0.1, -0.05) is 19.0 Å². The van der Waals surface area contributed by atoms with Crippen LogP contribution >= 0.6 is 0 Å². The molecule has 2 rings (SSSR count). The van der Waals surface area contributed by atoms with Gasteiger partial charge in [0.15, 0.2) is 5.82 Å². The normalized spacial score (nSPS) is 32.3. The second-order valence-corrected chi connectivity index (χ2v) is 6.36. The highest BCUT2D eigenvalue weighted by atomic mass is 16.5. The molecule has 5 unspecified atom stereocenters. The molecule has 2 heterocycles. The quantitative estimate of drug-likeness (QED) is 0.810. The van der Waals surface area contributed by atoms with Crippen molar-refractivity contribution >= 4 is 0 Å². The van der Waals surface area contributed by atoms with E-state index in [0.29, 0.717) is 30.8 Å². The largest absolute Gasteiger partial charge is 0.379 e. The fraction of sp³-hybridized carbons (Fsp3) is 0.867. The predicted octanol–water partition coefficient (Wildman–Crippen LogP) is 2.20. The summed E-state index contributed by atoms with van der Waals surface area (Å²) in [5.74, 6) is 1.57. The number of nitrogens with two attached hydrogens (primary N) is 1. The maximum absolute atomic E-state index is 6.25. The van der Waals surface area contributed by atoms with Gasteiger partial charge >= 0.3 is 0 Å². The summed E-state index contributed by atoms with van der Waals surface area (Å²) in [4.78, 5) is 4.52. The van der Waals surface area contributed by atoms with Crippen LogP contribution in [0.25, 0.3) is 0 Å². The van der Waals surface area contributed by atoms with E-state index >= 15 is 0 Å². The summed E-state index contributed by atoms with van der Waals surface area (Å²) in [6, 6.07) is 0. The maximum Gasteiger partial charge on any atom is 0.232 e. The molecule has 120 valence electrons. The Labute approximate surface area is 126 Å². The minimum Gasteiger partial charge on any atom is -0.379 e. The third-order valence-electron chi connectivity index (χ3n) is 4.23. The third-order valence-corrected chi connectivity index (χ3v) is 4.23. The van der Waals surface area contributed by atoms with Crippen LogP contribution in [0.1, 0.15) is 58.7 Å². The van der Waals surface area contributed by atoms with Gasteiger partial charge < -0.3 is 19.7 Å². The zero-order chi connectivity index (χ0) is 15.6. The molecule has 6 heteroatoms. The first kappa shape index (κ1) is 16.4. The Kier molecular flexibility index (Phi) is 5.01. The fourth-order valence-corrected chi connectivity index (χ4v) is 2.79. The van der Waals surface area contributed by atoms with E-state index in [-0.39, 0.29) is 18.1 Å². The summed E-state index contributed by atoms with van der Waals surface area (Å²) in [7, 11) is 0. The smallest absolute Gasteiger partial charge is 0.232 e. The summed E-state index contributed by atoms with van der Waals surface area (Å²) < 4.78 is 16.8.